The zero-order valence-electron chi connectivity index (χ0n) is 7.19. The summed E-state index contributed by atoms with van der Waals surface area (Å²) in [6, 6.07) is -1.02. The predicted octanol–water partition coefficient (Wildman–Crippen LogP) is 1.69. The maximum Gasteiger partial charge on any atom is 0.416 e. The zero-order chi connectivity index (χ0) is 9.78. The summed E-state index contributed by atoms with van der Waals surface area (Å²) in [4.78, 5) is 0. The van der Waals surface area contributed by atoms with Crippen molar-refractivity contribution < 1.29 is 17.9 Å². The van der Waals surface area contributed by atoms with Crippen LogP contribution < -0.4 is 5.73 Å². The lowest BCUT2D eigenvalue weighted by molar-refractivity contribution is -0.224. The Labute approximate surface area is 69.9 Å². The van der Waals surface area contributed by atoms with Gasteiger partial charge in [0.15, 0.2) is 6.10 Å². The van der Waals surface area contributed by atoms with Crippen LogP contribution in [-0.4, -0.2) is 24.9 Å². The molecular weight excluding hydrogens is 171 g/mol. The second kappa shape index (κ2) is 4.67. The van der Waals surface area contributed by atoms with Gasteiger partial charge in [0.25, 0.3) is 0 Å². The Hall–Kier alpha value is -0.290. The Morgan fingerprint density at radius 1 is 1.42 bits per heavy atom. The first-order valence-electron chi connectivity index (χ1n) is 3.83. The van der Waals surface area contributed by atoms with Gasteiger partial charge in [0.2, 0.25) is 0 Å². The molecule has 0 radical (unpaired) electrons. The lowest BCUT2D eigenvalue weighted by Crippen LogP contribution is -2.45. The van der Waals surface area contributed by atoms with Crippen LogP contribution in [0.2, 0.25) is 0 Å². The van der Waals surface area contributed by atoms with Crippen LogP contribution in [0.15, 0.2) is 0 Å². The molecule has 0 amide bonds. The predicted molar refractivity (Wildman–Crippen MR) is 39.7 cm³/mol. The summed E-state index contributed by atoms with van der Waals surface area (Å²) in [7, 11) is 0. The first-order valence-corrected chi connectivity index (χ1v) is 3.83. The summed E-state index contributed by atoms with van der Waals surface area (Å²) in [5.74, 6) is 0. The molecule has 0 spiro atoms. The molecule has 0 bridgehead atoms. The number of alkyl halides is 3. The van der Waals surface area contributed by atoms with E-state index in [1.54, 1.807) is 6.92 Å². The molecule has 2 unspecified atom stereocenters. The number of rotatable bonds is 4. The fourth-order valence-electron chi connectivity index (χ4n) is 0.789. The molecule has 0 rings (SSSR count). The molecule has 2 nitrogen and oxygen atoms in total. The van der Waals surface area contributed by atoms with Crippen LogP contribution in [0.4, 0.5) is 13.2 Å². The molecule has 0 aromatic heterocycles. The van der Waals surface area contributed by atoms with Crippen LogP contribution in [0.25, 0.3) is 0 Å². The molecule has 0 heterocycles. The summed E-state index contributed by atoms with van der Waals surface area (Å²) in [5.41, 5.74) is 5.12. The minimum Gasteiger partial charge on any atom is -0.367 e. The monoisotopic (exact) mass is 185 g/mol. The summed E-state index contributed by atoms with van der Waals surface area (Å²) >= 11 is 0. The highest BCUT2D eigenvalue weighted by molar-refractivity contribution is 4.76. The molecular formula is C7H14F3NO. The van der Waals surface area contributed by atoms with Crippen molar-refractivity contribution in [2.75, 3.05) is 6.61 Å². The van der Waals surface area contributed by atoms with Crippen molar-refractivity contribution in [3.8, 4) is 0 Å². The average molecular weight is 185 g/mol. The maximum absolute atomic E-state index is 12.1. The van der Waals surface area contributed by atoms with E-state index in [1.165, 1.54) is 6.92 Å². The third kappa shape index (κ3) is 3.92. The highest BCUT2D eigenvalue weighted by Gasteiger charge is 2.42. The molecule has 12 heavy (non-hydrogen) atoms. The molecule has 0 fully saturated rings. The first-order chi connectivity index (χ1) is 5.39. The van der Waals surface area contributed by atoms with E-state index in [2.05, 4.69) is 4.74 Å². The van der Waals surface area contributed by atoms with Gasteiger partial charge >= 0.3 is 6.18 Å². The molecule has 74 valence electrons. The standard InChI is InChI=1S/C7H14F3NO/c1-3-4-12-6(5(2)11)7(8,9)10/h5-6H,3-4,11H2,1-2H3. The van der Waals surface area contributed by atoms with E-state index in [4.69, 9.17) is 5.73 Å². The average Bonchev–Trinajstić information content (AvgIpc) is 1.84. The smallest absolute Gasteiger partial charge is 0.367 e. The fourth-order valence-corrected chi connectivity index (χ4v) is 0.789. The maximum atomic E-state index is 12.1. The van der Waals surface area contributed by atoms with Crippen molar-refractivity contribution in [3.05, 3.63) is 0 Å². The molecule has 0 aliphatic rings. The fraction of sp³-hybridized carbons (Fsp3) is 1.00. The molecule has 5 heteroatoms. The van der Waals surface area contributed by atoms with Gasteiger partial charge in [-0.05, 0) is 13.3 Å². The van der Waals surface area contributed by atoms with E-state index in [-0.39, 0.29) is 6.61 Å². The van der Waals surface area contributed by atoms with Gasteiger partial charge in [-0.15, -0.1) is 0 Å². The molecule has 0 saturated heterocycles. The van der Waals surface area contributed by atoms with Crippen molar-refractivity contribution in [2.24, 2.45) is 5.73 Å². The van der Waals surface area contributed by atoms with Gasteiger partial charge in [0.1, 0.15) is 0 Å². The summed E-state index contributed by atoms with van der Waals surface area (Å²) in [5, 5.41) is 0. The normalized spacial score (nSPS) is 17.5. The van der Waals surface area contributed by atoms with Crippen molar-refractivity contribution in [3.63, 3.8) is 0 Å². The van der Waals surface area contributed by atoms with Gasteiger partial charge in [0.05, 0.1) is 0 Å². The third-order valence-electron chi connectivity index (χ3n) is 1.30. The van der Waals surface area contributed by atoms with Gasteiger partial charge in [0, 0.05) is 12.6 Å². The van der Waals surface area contributed by atoms with E-state index in [0.717, 1.165) is 0 Å². The van der Waals surface area contributed by atoms with Gasteiger partial charge in [-0.2, -0.15) is 13.2 Å². The minimum absolute atomic E-state index is 0.0890. The quantitative estimate of drug-likeness (QED) is 0.723. The van der Waals surface area contributed by atoms with E-state index >= 15 is 0 Å². The Balaban J connectivity index is 4.05. The van der Waals surface area contributed by atoms with Crippen LogP contribution >= 0.6 is 0 Å². The van der Waals surface area contributed by atoms with Crippen LogP contribution in [0, 0.1) is 0 Å². The Kier molecular flexibility index (Phi) is 4.55. The molecule has 0 saturated carbocycles. The lowest BCUT2D eigenvalue weighted by atomic mass is 10.2. The topological polar surface area (TPSA) is 35.2 Å². The van der Waals surface area contributed by atoms with Gasteiger partial charge in [-0.3, -0.25) is 0 Å². The SMILES string of the molecule is CCCOC(C(C)N)C(F)(F)F. The second-order valence-electron chi connectivity index (χ2n) is 2.69. The van der Waals surface area contributed by atoms with Crippen LogP contribution in [0.5, 0.6) is 0 Å². The van der Waals surface area contributed by atoms with E-state index in [0.29, 0.717) is 6.42 Å². The van der Waals surface area contributed by atoms with Crippen molar-refractivity contribution >= 4 is 0 Å². The van der Waals surface area contributed by atoms with Crippen LogP contribution in [0.3, 0.4) is 0 Å². The van der Waals surface area contributed by atoms with Gasteiger partial charge in [-0.1, -0.05) is 6.92 Å². The Morgan fingerprint density at radius 3 is 2.17 bits per heavy atom. The molecule has 0 aliphatic heterocycles. The van der Waals surface area contributed by atoms with Crippen molar-refractivity contribution in [1.82, 2.24) is 0 Å². The number of nitrogens with two attached hydrogens (primary N) is 1. The highest BCUT2D eigenvalue weighted by Crippen LogP contribution is 2.24. The second-order valence-corrected chi connectivity index (χ2v) is 2.69. The Morgan fingerprint density at radius 2 is 1.92 bits per heavy atom. The number of hydrogen-bond acceptors (Lipinski definition) is 2. The van der Waals surface area contributed by atoms with Gasteiger partial charge in [-0.25, -0.2) is 0 Å². The largest absolute Gasteiger partial charge is 0.416 e. The summed E-state index contributed by atoms with van der Waals surface area (Å²) in [6.07, 6.45) is -5.64. The molecule has 0 aliphatic carbocycles. The number of halogens is 3. The van der Waals surface area contributed by atoms with E-state index < -0.39 is 18.3 Å². The highest BCUT2D eigenvalue weighted by atomic mass is 19.4. The van der Waals surface area contributed by atoms with Crippen LogP contribution in [0.1, 0.15) is 20.3 Å². The first kappa shape index (κ1) is 11.7. The van der Waals surface area contributed by atoms with E-state index in [9.17, 15) is 13.2 Å². The van der Waals surface area contributed by atoms with E-state index in [1.807, 2.05) is 0 Å². The molecule has 0 aromatic carbocycles. The van der Waals surface area contributed by atoms with Crippen LogP contribution in [-0.2, 0) is 4.74 Å². The van der Waals surface area contributed by atoms with Gasteiger partial charge < -0.3 is 10.5 Å². The molecule has 2 atom stereocenters. The number of hydrogen-bond donors (Lipinski definition) is 1. The van der Waals surface area contributed by atoms with Crippen molar-refractivity contribution in [2.45, 2.75) is 38.6 Å². The third-order valence-corrected chi connectivity index (χ3v) is 1.30. The number of ether oxygens (including phenoxy) is 1. The minimum atomic E-state index is -4.36. The molecule has 2 N–H and O–H groups in total. The lowest BCUT2D eigenvalue weighted by Gasteiger charge is -2.23. The summed E-state index contributed by atoms with van der Waals surface area (Å²) in [6.45, 7) is 3.12. The summed E-state index contributed by atoms with van der Waals surface area (Å²) < 4.78 is 40.8. The zero-order valence-corrected chi connectivity index (χ0v) is 7.19. The van der Waals surface area contributed by atoms with Crippen molar-refractivity contribution in [1.29, 1.82) is 0 Å². The molecule has 0 aromatic rings. The Bertz CT molecular complexity index is 124.